The summed E-state index contributed by atoms with van der Waals surface area (Å²) < 4.78 is 5.46. The number of anilines is 1. The fourth-order valence-electron chi connectivity index (χ4n) is 3.16. The molecule has 0 spiro atoms. The summed E-state index contributed by atoms with van der Waals surface area (Å²) in [5.41, 5.74) is 2.86. The molecular formula is C17H16N6O. The lowest BCUT2D eigenvalue weighted by atomic mass is 10.1. The maximum atomic E-state index is 5.46. The molecule has 4 aromatic rings. The minimum absolute atomic E-state index is 0.705. The minimum Gasteiger partial charge on any atom is -0.378 e. The van der Waals surface area contributed by atoms with Gasteiger partial charge in [-0.2, -0.15) is 5.10 Å². The molecule has 0 aliphatic carbocycles. The highest BCUT2D eigenvalue weighted by Crippen LogP contribution is 2.28. The number of rotatable bonds is 2. The number of nitrogens with one attached hydrogen (secondary N) is 2. The van der Waals surface area contributed by atoms with Gasteiger partial charge in [-0.05, 0) is 24.3 Å². The van der Waals surface area contributed by atoms with Crippen LogP contribution in [0.25, 0.3) is 33.3 Å². The zero-order valence-electron chi connectivity index (χ0n) is 13.0. The van der Waals surface area contributed by atoms with Crippen LogP contribution in [0, 0.1) is 0 Å². The maximum Gasteiger partial charge on any atom is 0.164 e. The van der Waals surface area contributed by atoms with Gasteiger partial charge in [0.1, 0.15) is 5.82 Å². The van der Waals surface area contributed by atoms with Crippen molar-refractivity contribution in [2.24, 2.45) is 0 Å². The molecule has 0 atom stereocenters. The second-order valence-corrected chi connectivity index (χ2v) is 5.88. The van der Waals surface area contributed by atoms with Crippen molar-refractivity contribution in [1.82, 2.24) is 25.1 Å². The van der Waals surface area contributed by atoms with Gasteiger partial charge < -0.3 is 14.6 Å². The lowest BCUT2D eigenvalue weighted by Gasteiger charge is -2.28. The molecule has 1 saturated heterocycles. The quantitative estimate of drug-likeness (QED) is 0.592. The molecule has 5 rings (SSSR count). The van der Waals surface area contributed by atoms with E-state index >= 15 is 0 Å². The first kappa shape index (κ1) is 13.5. The van der Waals surface area contributed by atoms with E-state index in [4.69, 9.17) is 9.72 Å². The lowest BCUT2D eigenvalue weighted by Crippen LogP contribution is -2.37. The topological polar surface area (TPSA) is 82.7 Å². The predicted octanol–water partition coefficient (Wildman–Crippen LogP) is 2.34. The zero-order valence-corrected chi connectivity index (χ0v) is 13.0. The smallest absolute Gasteiger partial charge is 0.164 e. The summed E-state index contributed by atoms with van der Waals surface area (Å²) in [5, 5.41) is 9.21. The van der Waals surface area contributed by atoms with Crippen LogP contribution < -0.4 is 4.90 Å². The van der Waals surface area contributed by atoms with Crippen molar-refractivity contribution in [1.29, 1.82) is 0 Å². The molecule has 0 radical (unpaired) electrons. The summed E-state index contributed by atoms with van der Waals surface area (Å²) in [6.45, 7) is 3.09. The maximum absolute atomic E-state index is 5.46. The Morgan fingerprint density at radius 3 is 2.92 bits per heavy atom. The monoisotopic (exact) mass is 320 g/mol. The molecule has 1 aliphatic heterocycles. The zero-order chi connectivity index (χ0) is 15.9. The van der Waals surface area contributed by atoms with E-state index in [0.29, 0.717) is 19.0 Å². The number of nitrogens with zero attached hydrogens (tertiary/aromatic N) is 4. The largest absolute Gasteiger partial charge is 0.378 e. The SMILES string of the molecule is c1cc2cc(-c3nc(N4CCOCC4)c4cn[nH]c4n3)ccc2[nH]1. The highest BCUT2D eigenvalue weighted by molar-refractivity contribution is 5.89. The molecule has 3 aromatic heterocycles. The average Bonchev–Trinajstić information content (AvgIpc) is 3.29. The molecular weight excluding hydrogens is 304 g/mol. The van der Waals surface area contributed by atoms with E-state index in [1.165, 1.54) is 0 Å². The molecule has 120 valence electrons. The number of ether oxygens (including phenoxy) is 1. The highest BCUT2D eigenvalue weighted by atomic mass is 16.5. The molecule has 0 saturated carbocycles. The van der Waals surface area contributed by atoms with E-state index in [1.807, 2.05) is 12.3 Å². The van der Waals surface area contributed by atoms with Gasteiger partial charge in [0.05, 0.1) is 24.8 Å². The normalized spacial score (nSPS) is 15.4. The summed E-state index contributed by atoms with van der Waals surface area (Å²) in [6.07, 6.45) is 3.73. The second kappa shape index (κ2) is 5.31. The lowest BCUT2D eigenvalue weighted by molar-refractivity contribution is 0.122. The number of H-pyrrole nitrogens is 2. The fourth-order valence-corrected chi connectivity index (χ4v) is 3.16. The molecule has 1 aromatic carbocycles. The van der Waals surface area contributed by atoms with Crippen molar-refractivity contribution >= 4 is 27.8 Å². The van der Waals surface area contributed by atoms with Gasteiger partial charge in [0.2, 0.25) is 0 Å². The van der Waals surface area contributed by atoms with Crippen LogP contribution in [-0.2, 0) is 4.74 Å². The van der Waals surface area contributed by atoms with Crippen LogP contribution in [0.5, 0.6) is 0 Å². The van der Waals surface area contributed by atoms with E-state index in [9.17, 15) is 0 Å². The summed E-state index contributed by atoms with van der Waals surface area (Å²) in [7, 11) is 0. The third kappa shape index (κ3) is 2.13. The first-order valence-corrected chi connectivity index (χ1v) is 8.00. The molecule has 1 aliphatic rings. The van der Waals surface area contributed by atoms with Crippen LogP contribution >= 0.6 is 0 Å². The Hall–Kier alpha value is -2.93. The summed E-state index contributed by atoms with van der Waals surface area (Å²) in [6, 6.07) is 8.25. The number of aromatic nitrogens is 5. The van der Waals surface area contributed by atoms with E-state index in [1.54, 1.807) is 6.20 Å². The van der Waals surface area contributed by atoms with Crippen LogP contribution in [0.2, 0.25) is 0 Å². The molecule has 24 heavy (non-hydrogen) atoms. The van der Waals surface area contributed by atoms with Gasteiger partial charge in [-0.1, -0.05) is 0 Å². The molecule has 1 fully saturated rings. The number of benzene rings is 1. The van der Waals surface area contributed by atoms with Crippen molar-refractivity contribution in [2.75, 3.05) is 31.2 Å². The Balaban J connectivity index is 1.67. The summed E-state index contributed by atoms with van der Waals surface area (Å²) >= 11 is 0. The molecule has 0 unspecified atom stereocenters. The first-order chi connectivity index (χ1) is 11.9. The van der Waals surface area contributed by atoms with E-state index in [2.05, 4.69) is 43.3 Å². The van der Waals surface area contributed by atoms with Crippen LogP contribution in [0.15, 0.2) is 36.7 Å². The number of fused-ring (bicyclic) bond motifs is 2. The van der Waals surface area contributed by atoms with Gasteiger partial charge in [-0.3, -0.25) is 5.10 Å². The van der Waals surface area contributed by atoms with Crippen LogP contribution in [0.3, 0.4) is 0 Å². The van der Waals surface area contributed by atoms with Gasteiger partial charge in [0.15, 0.2) is 11.5 Å². The van der Waals surface area contributed by atoms with Gasteiger partial charge in [-0.15, -0.1) is 0 Å². The molecule has 2 N–H and O–H groups in total. The van der Waals surface area contributed by atoms with Crippen LogP contribution in [0.1, 0.15) is 0 Å². The van der Waals surface area contributed by atoms with Gasteiger partial charge in [-0.25, -0.2) is 9.97 Å². The minimum atomic E-state index is 0.705. The van der Waals surface area contributed by atoms with E-state index in [-0.39, 0.29) is 0 Å². The third-order valence-electron chi connectivity index (χ3n) is 4.41. The van der Waals surface area contributed by atoms with E-state index < -0.39 is 0 Å². The molecule has 0 amide bonds. The Morgan fingerprint density at radius 2 is 2.00 bits per heavy atom. The summed E-state index contributed by atoms with van der Waals surface area (Å²) in [4.78, 5) is 14.9. The predicted molar refractivity (Wildman–Crippen MR) is 92.0 cm³/mol. The number of hydrogen-bond donors (Lipinski definition) is 2. The molecule has 4 heterocycles. The molecule has 7 nitrogen and oxygen atoms in total. The van der Waals surface area contributed by atoms with Crippen LogP contribution in [0.4, 0.5) is 5.82 Å². The van der Waals surface area contributed by atoms with Crippen molar-refractivity contribution in [3.63, 3.8) is 0 Å². The van der Waals surface area contributed by atoms with Crippen molar-refractivity contribution < 1.29 is 4.74 Å². The number of morpholine rings is 1. The van der Waals surface area contributed by atoms with Gasteiger partial charge in [0, 0.05) is 35.8 Å². The standard InChI is InChI=1S/C17H16N6O/c1-2-14-11(3-4-18-14)9-12(1)15-20-16-13(10-19-22-16)17(21-15)23-5-7-24-8-6-23/h1-4,9-10,18H,5-8H2,(H,19,20,21,22). The Bertz CT molecular complexity index is 1010. The van der Waals surface area contributed by atoms with E-state index in [0.717, 1.165) is 46.4 Å². The first-order valence-electron chi connectivity index (χ1n) is 8.00. The summed E-state index contributed by atoms with van der Waals surface area (Å²) in [5.74, 6) is 1.62. The van der Waals surface area contributed by atoms with Crippen molar-refractivity contribution in [3.8, 4) is 11.4 Å². The fraction of sp³-hybridized carbons (Fsp3) is 0.235. The van der Waals surface area contributed by atoms with Gasteiger partial charge in [0.25, 0.3) is 0 Å². The average molecular weight is 320 g/mol. The molecule has 0 bridgehead atoms. The Labute approximate surface area is 137 Å². The molecule has 7 heteroatoms. The second-order valence-electron chi connectivity index (χ2n) is 5.88. The van der Waals surface area contributed by atoms with Crippen molar-refractivity contribution in [3.05, 3.63) is 36.7 Å². The Morgan fingerprint density at radius 1 is 1.08 bits per heavy atom. The third-order valence-corrected chi connectivity index (χ3v) is 4.41. The van der Waals surface area contributed by atoms with Crippen molar-refractivity contribution in [2.45, 2.75) is 0 Å². The number of aromatic amines is 2. The van der Waals surface area contributed by atoms with Crippen LogP contribution in [-0.4, -0.2) is 51.5 Å². The van der Waals surface area contributed by atoms with Gasteiger partial charge >= 0.3 is 0 Å². The Kier molecular flexibility index (Phi) is 2.99. The number of hydrogen-bond acceptors (Lipinski definition) is 5. The highest BCUT2D eigenvalue weighted by Gasteiger charge is 2.19.